The molecule has 0 spiro atoms. The van der Waals surface area contributed by atoms with Gasteiger partial charge in [0, 0.05) is 10.7 Å². The van der Waals surface area contributed by atoms with Crippen LogP contribution in [-0.4, -0.2) is 27.8 Å². The van der Waals surface area contributed by atoms with E-state index < -0.39 is 11.2 Å². The summed E-state index contributed by atoms with van der Waals surface area (Å²) >= 11 is 7.34. The summed E-state index contributed by atoms with van der Waals surface area (Å²) in [4.78, 5) is 12.3. The van der Waals surface area contributed by atoms with E-state index in [1.807, 2.05) is 71.3 Å². The third-order valence-electron chi connectivity index (χ3n) is 4.65. The Morgan fingerprint density at radius 3 is 2.35 bits per heavy atom. The van der Waals surface area contributed by atoms with Gasteiger partial charge in [0.2, 0.25) is 5.91 Å². The van der Waals surface area contributed by atoms with Crippen LogP contribution >= 0.6 is 23.4 Å². The van der Waals surface area contributed by atoms with Crippen molar-refractivity contribution < 1.29 is 9.53 Å². The third-order valence-corrected chi connectivity index (χ3v) is 6.12. The summed E-state index contributed by atoms with van der Waals surface area (Å²) in [7, 11) is 1.61. The quantitative estimate of drug-likeness (QED) is 0.404. The van der Waals surface area contributed by atoms with Crippen molar-refractivity contribution in [1.82, 2.24) is 14.8 Å². The highest BCUT2D eigenvalue weighted by Crippen LogP contribution is 2.38. The minimum Gasteiger partial charge on any atom is -0.496 e. The van der Waals surface area contributed by atoms with Crippen molar-refractivity contribution in [3.8, 4) is 22.8 Å². The van der Waals surface area contributed by atoms with E-state index in [-0.39, 0.29) is 0 Å². The second-order valence-electron chi connectivity index (χ2n) is 6.63. The molecule has 31 heavy (non-hydrogen) atoms. The molecule has 1 aromatic heterocycles. The minimum atomic E-state index is -0.623. The lowest BCUT2D eigenvalue weighted by atomic mass is 10.1. The Hall–Kier alpha value is -3.29. The molecule has 156 valence electrons. The van der Waals surface area contributed by atoms with Crippen molar-refractivity contribution in [1.29, 1.82) is 0 Å². The number of methoxy groups -OCH3 is 1. The zero-order valence-corrected chi connectivity index (χ0v) is 18.2. The summed E-state index contributed by atoms with van der Waals surface area (Å²) in [5, 5.41) is 9.34. The number of benzene rings is 3. The molecular weight excluding hydrogens is 432 g/mol. The van der Waals surface area contributed by atoms with Crippen molar-refractivity contribution in [3.63, 3.8) is 0 Å². The molecule has 1 unspecified atom stereocenters. The summed E-state index contributed by atoms with van der Waals surface area (Å²) in [6, 6.07) is 24.3. The maximum Gasteiger partial charge on any atom is 0.235 e. The summed E-state index contributed by atoms with van der Waals surface area (Å²) in [5.41, 5.74) is 8.10. The van der Waals surface area contributed by atoms with Gasteiger partial charge in [-0.15, -0.1) is 10.2 Å². The van der Waals surface area contributed by atoms with Crippen LogP contribution in [-0.2, 0) is 4.79 Å². The number of hydrogen-bond acceptors (Lipinski definition) is 5. The molecule has 8 heteroatoms. The van der Waals surface area contributed by atoms with Crippen molar-refractivity contribution in [3.05, 3.63) is 89.4 Å². The molecule has 4 aromatic rings. The zero-order chi connectivity index (χ0) is 21.8. The number of ether oxygens (including phenoxy) is 1. The standard InChI is InChI=1S/C23H19ClN4O2S/c1-30-19-10-6-5-9-18(19)22-26-27-23(28(22)17-13-11-16(24)12-14-17)31-20(21(25)29)15-7-3-2-4-8-15/h2-14,20H,1H3,(H2,25,29). The lowest BCUT2D eigenvalue weighted by Gasteiger charge is -2.16. The topological polar surface area (TPSA) is 83.0 Å². The number of thioether (sulfide) groups is 1. The molecule has 0 bridgehead atoms. The molecule has 0 saturated carbocycles. The first-order chi connectivity index (χ1) is 15.1. The van der Waals surface area contributed by atoms with Gasteiger partial charge in [0.05, 0.1) is 12.7 Å². The van der Waals surface area contributed by atoms with E-state index in [1.54, 1.807) is 19.2 Å². The van der Waals surface area contributed by atoms with Crippen LogP contribution in [0.4, 0.5) is 0 Å². The van der Waals surface area contributed by atoms with Gasteiger partial charge in [-0.3, -0.25) is 9.36 Å². The Kier molecular flexibility index (Phi) is 6.25. The second-order valence-corrected chi connectivity index (χ2v) is 8.14. The number of halogens is 1. The molecule has 0 radical (unpaired) electrons. The highest BCUT2D eigenvalue weighted by Gasteiger charge is 2.25. The van der Waals surface area contributed by atoms with Crippen LogP contribution in [0.2, 0.25) is 5.02 Å². The van der Waals surface area contributed by atoms with Gasteiger partial charge in [-0.25, -0.2) is 0 Å². The van der Waals surface area contributed by atoms with E-state index in [4.69, 9.17) is 22.1 Å². The van der Waals surface area contributed by atoms with Gasteiger partial charge >= 0.3 is 0 Å². The van der Waals surface area contributed by atoms with Crippen LogP contribution in [0, 0.1) is 0 Å². The number of rotatable bonds is 7. The maximum absolute atomic E-state index is 12.3. The van der Waals surface area contributed by atoms with Gasteiger partial charge in [0.1, 0.15) is 11.0 Å². The number of para-hydroxylation sites is 1. The first kappa shape index (κ1) is 21.0. The predicted molar refractivity (Wildman–Crippen MR) is 123 cm³/mol. The zero-order valence-electron chi connectivity index (χ0n) is 16.6. The number of aromatic nitrogens is 3. The number of carbonyl (C=O) groups is 1. The lowest BCUT2D eigenvalue weighted by molar-refractivity contribution is -0.117. The van der Waals surface area contributed by atoms with Crippen LogP contribution < -0.4 is 10.5 Å². The Morgan fingerprint density at radius 1 is 1.00 bits per heavy atom. The van der Waals surface area contributed by atoms with Gasteiger partial charge in [0.15, 0.2) is 11.0 Å². The molecule has 0 saturated heterocycles. The largest absolute Gasteiger partial charge is 0.496 e. The Morgan fingerprint density at radius 2 is 1.68 bits per heavy atom. The number of primary amides is 1. The van der Waals surface area contributed by atoms with Crippen molar-refractivity contribution in [2.24, 2.45) is 5.73 Å². The van der Waals surface area contributed by atoms with E-state index >= 15 is 0 Å². The SMILES string of the molecule is COc1ccccc1-c1nnc(SC(C(N)=O)c2ccccc2)n1-c1ccc(Cl)cc1. The average Bonchev–Trinajstić information content (AvgIpc) is 3.21. The van der Waals surface area contributed by atoms with E-state index in [0.717, 1.165) is 16.8 Å². The summed E-state index contributed by atoms with van der Waals surface area (Å²) in [6.45, 7) is 0. The minimum absolute atomic E-state index is 0.458. The number of carbonyl (C=O) groups excluding carboxylic acids is 1. The highest BCUT2D eigenvalue weighted by molar-refractivity contribution is 8.00. The average molecular weight is 451 g/mol. The Balaban J connectivity index is 1.86. The number of hydrogen-bond donors (Lipinski definition) is 1. The highest BCUT2D eigenvalue weighted by atomic mass is 35.5. The fraction of sp³-hybridized carbons (Fsp3) is 0.0870. The lowest BCUT2D eigenvalue weighted by Crippen LogP contribution is -2.19. The van der Waals surface area contributed by atoms with Gasteiger partial charge < -0.3 is 10.5 Å². The Labute approximate surface area is 189 Å². The van der Waals surface area contributed by atoms with Gasteiger partial charge in [-0.2, -0.15) is 0 Å². The van der Waals surface area contributed by atoms with E-state index in [1.165, 1.54) is 11.8 Å². The van der Waals surface area contributed by atoms with Crippen LogP contribution in [0.25, 0.3) is 17.1 Å². The molecule has 0 aliphatic rings. The normalized spacial score (nSPS) is 11.8. The fourth-order valence-corrected chi connectivity index (χ4v) is 4.33. The smallest absolute Gasteiger partial charge is 0.235 e. The number of nitrogens with zero attached hydrogens (tertiary/aromatic N) is 3. The summed E-state index contributed by atoms with van der Waals surface area (Å²) < 4.78 is 7.40. The van der Waals surface area contributed by atoms with Crippen LogP contribution in [0.15, 0.2) is 84.0 Å². The van der Waals surface area contributed by atoms with Crippen molar-refractivity contribution in [2.45, 2.75) is 10.4 Å². The summed E-state index contributed by atoms with van der Waals surface area (Å²) in [5.74, 6) is 0.787. The summed E-state index contributed by atoms with van der Waals surface area (Å²) in [6.07, 6.45) is 0. The van der Waals surface area contributed by atoms with Crippen molar-refractivity contribution in [2.75, 3.05) is 7.11 Å². The first-order valence-electron chi connectivity index (χ1n) is 9.44. The molecule has 3 aromatic carbocycles. The van der Waals surface area contributed by atoms with E-state index in [9.17, 15) is 4.79 Å². The molecule has 4 rings (SSSR count). The Bertz CT molecular complexity index is 1200. The van der Waals surface area contributed by atoms with Crippen LogP contribution in [0.3, 0.4) is 0 Å². The molecule has 0 aliphatic carbocycles. The monoisotopic (exact) mass is 450 g/mol. The van der Waals surface area contributed by atoms with Gasteiger partial charge in [0.25, 0.3) is 0 Å². The second kappa shape index (κ2) is 9.24. The molecule has 6 nitrogen and oxygen atoms in total. The van der Waals surface area contributed by atoms with Gasteiger partial charge in [-0.05, 0) is 42.0 Å². The molecule has 1 amide bonds. The molecule has 2 N–H and O–H groups in total. The predicted octanol–water partition coefficient (Wildman–Crippen LogP) is 4.92. The van der Waals surface area contributed by atoms with Crippen LogP contribution in [0.5, 0.6) is 5.75 Å². The first-order valence-corrected chi connectivity index (χ1v) is 10.7. The number of nitrogens with two attached hydrogens (primary N) is 1. The van der Waals surface area contributed by atoms with Crippen LogP contribution in [0.1, 0.15) is 10.8 Å². The number of amides is 1. The van der Waals surface area contributed by atoms with Gasteiger partial charge in [-0.1, -0.05) is 65.8 Å². The molecule has 1 atom stereocenters. The molecular formula is C23H19ClN4O2S. The molecule has 0 aliphatic heterocycles. The molecule has 1 heterocycles. The van der Waals surface area contributed by atoms with Crippen molar-refractivity contribution >= 4 is 29.3 Å². The van der Waals surface area contributed by atoms with E-state index in [2.05, 4.69) is 10.2 Å². The van der Waals surface area contributed by atoms with E-state index in [0.29, 0.717) is 21.8 Å². The third kappa shape index (κ3) is 4.42. The fourth-order valence-electron chi connectivity index (χ4n) is 3.20. The maximum atomic E-state index is 12.3. The molecule has 0 fully saturated rings.